The number of carbonyl (C=O) groups is 2. The van der Waals surface area contributed by atoms with Gasteiger partial charge in [0, 0.05) is 37.8 Å². The maximum Gasteiger partial charge on any atom is 0.253 e. The highest BCUT2D eigenvalue weighted by Crippen LogP contribution is 2.16. The molecule has 5 heteroatoms. The molecule has 1 atom stereocenters. The highest BCUT2D eigenvalue weighted by Gasteiger charge is 2.25. The van der Waals surface area contributed by atoms with Gasteiger partial charge in [0.15, 0.2) is 0 Å². The number of amides is 2. The molecule has 1 fully saturated rings. The third kappa shape index (κ3) is 5.71. The standard InChI is InChI=1S/C20H29N3O2/c1-15(2)12-19(24)21-13-16-7-9-17(10-8-16)20(25)23(4)18-6-5-11-22(3)14-18/h7-10,12,18H,5-6,11,13-14H2,1-4H3,(H,21,24). The van der Waals surface area contributed by atoms with Gasteiger partial charge in [-0.1, -0.05) is 17.7 Å². The Morgan fingerprint density at radius 1 is 1.28 bits per heavy atom. The number of carbonyl (C=O) groups excluding carboxylic acids is 2. The largest absolute Gasteiger partial charge is 0.348 e. The molecule has 2 amide bonds. The molecule has 1 aliphatic heterocycles. The molecular weight excluding hydrogens is 314 g/mol. The Hall–Kier alpha value is -2.14. The number of hydrogen-bond donors (Lipinski definition) is 1. The first-order chi connectivity index (χ1) is 11.9. The van der Waals surface area contributed by atoms with E-state index in [4.69, 9.17) is 0 Å². The van der Waals surface area contributed by atoms with Crippen molar-refractivity contribution in [1.82, 2.24) is 15.1 Å². The van der Waals surface area contributed by atoms with Gasteiger partial charge in [-0.25, -0.2) is 0 Å². The predicted molar refractivity (Wildman–Crippen MR) is 100 cm³/mol. The number of likely N-dealkylation sites (tertiary alicyclic amines) is 1. The van der Waals surface area contributed by atoms with E-state index in [9.17, 15) is 9.59 Å². The monoisotopic (exact) mass is 343 g/mol. The Balaban J connectivity index is 1.93. The zero-order valence-electron chi connectivity index (χ0n) is 15.7. The van der Waals surface area contributed by atoms with Crippen LogP contribution < -0.4 is 5.32 Å². The quantitative estimate of drug-likeness (QED) is 0.836. The molecule has 0 bridgehead atoms. The average molecular weight is 343 g/mol. The van der Waals surface area contributed by atoms with Gasteiger partial charge in [0.1, 0.15) is 0 Å². The van der Waals surface area contributed by atoms with Crippen molar-refractivity contribution in [2.24, 2.45) is 0 Å². The summed E-state index contributed by atoms with van der Waals surface area (Å²) in [5.74, 6) is -0.0401. The van der Waals surface area contributed by atoms with E-state index >= 15 is 0 Å². The molecule has 1 unspecified atom stereocenters. The number of nitrogens with zero attached hydrogens (tertiary/aromatic N) is 2. The molecule has 25 heavy (non-hydrogen) atoms. The van der Waals surface area contributed by atoms with Crippen molar-refractivity contribution < 1.29 is 9.59 Å². The number of nitrogens with one attached hydrogen (secondary N) is 1. The van der Waals surface area contributed by atoms with Crippen LogP contribution in [0.2, 0.25) is 0 Å². The summed E-state index contributed by atoms with van der Waals surface area (Å²) in [6.45, 7) is 6.27. The van der Waals surface area contributed by atoms with E-state index in [1.165, 1.54) is 0 Å². The third-order valence-corrected chi connectivity index (χ3v) is 4.56. The molecule has 1 saturated heterocycles. The SMILES string of the molecule is CC(C)=CC(=O)NCc1ccc(C(=O)N(C)C2CCCN(C)C2)cc1. The maximum atomic E-state index is 12.7. The first-order valence-corrected chi connectivity index (χ1v) is 8.84. The van der Waals surface area contributed by atoms with Gasteiger partial charge in [-0.3, -0.25) is 9.59 Å². The van der Waals surface area contributed by atoms with E-state index in [0.717, 1.165) is 37.1 Å². The van der Waals surface area contributed by atoms with Gasteiger partial charge in [-0.15, -0.1) is 0 Å². The van der Waals surface area contributed by atoms with Crippen LogP contribution >= 0.6 is 0 Å². The van der Waals surface area contributed by atoms with Crippen molar-refractivity contribution in [2.75, 3.05) is 27.2 Å². The Morgan fingerprint density at radius 3 is 2.56 bits per heavy atom. The summed E-state index contributed by atoms with van der Waals surface area (Å²) in [4.78, 5) is 28.5. The molecule has 0 spiro atoms. The van der Waals surface area contributed by atoms with E-state index in [-0.39, 0.29) is 17.9 Å². The lowest BCUT2D eigenvalue weighted by Gasteiger charge is -2.35. The van der Waals surface area contributed by atoms with Crippen LogP contribution in [0.4, 0.5) is 0 Å². The Bertz CT molecular complexity index is 633. The lowest BCUT2D eigenvalue weighted by Crippen LogP contribution is -2.47. The van der Waals surface area contributed by atoms with Crippen LogP contribution in [-0.4, -0.2) is 54.8 Å². The number of likely N-dealkylation sites (N-methyl/N-ethyl adjacent to an activating group) is 2. The van der Waals surface area contributed by atoms with Gasteiger partial charge in [0.25, 0.3) is 5.91 Å². The molecule has 1 aliphatic rings. The second kappa shape index (κ2) is 8.81. The minimum absolute atomic E-state index is 0.0560. The van der Waals surface area contributed by atoms with Crippen LogP contribution in [0, 0.1) is 0 Å². The van der Waals surface area contributed by atoms with Crippen LogP contribution in [0.15, 0.2) is 35.9 Å². The molecule has 5 nitrogen and oxygen atoms in total. The van der Waals surface area contributed by atoms with E-state index < -0.39 is 0 Å². The smallest absolute Gasteiger partial charge is 0.253 e. The van der Waals surface area contributed by atoms with Gasteiger partial charge in [-0.05, 0) is 58.0 Å². The molecular formula is C20H29N3O2. The van der Waals surface area contributed by atoms with Crippen molar-refractivity contribution in [2.45, 2.75) is 39.3 Å². The number of rotatable bonds is 5. The molecule has 2 rings (SSSR count). The highest BCUT2D eigenvalue weighted by atomic mass is 16.2. The van der Waals surface area contributed by atoms with E-state index in [1.807, 2.05) is 50.1 Å². The summed E-state index contributed by atoms with van der Waals surface area (Å²) in [6.07, 6.45) is 3.76. The molecule has 0 aliphatic carbocycles. The topological polar surface area (TPSA) is 52.7 Å². The van der Waals surface area contributed by atoms with E-state index in [2.05, 4.69) is 17.3 Å². The van der Waals surface area contributed by atoms with Crippen LogP contribution in [0.1, 0.15) is 42.6 Å². The van der Waals surface area contributed by atoms with Gasteiger partial charge >= 0.3 is 0 Å². The molecule has 0 radical (unpaired) electrons. The van der Waals surface area contributed by atoms with Crippen molar-refractivity contribution in [3.63, 3.8) is 0 Å². The lowest BCUT2D eigenvalue weighted by molar-refractivity contribution is -0.116. The van der Waals surface area contributed by atoms with Gasteiger partial charge < -0.3 is 15.1 Å². The first kappa shape index (κ1) is 19.2. The summed E-state index contributed by atoms with van der Waals surface area (Å²) in [5.41, 5.74) is 2.64. The highest BCUT2D eigenvalue weighted by molar-refractivity contribution is 5.94. The lowest BCUT2D eigenvalue weighted by atomic mass is 10.0. The molecule has 136 valence electrons. The second-order valence-corrected chi connectivity index (χ2v) is 7.11. The van der Waals surface area contributed by atoms with Crippen LogP contribution in [0.3, 0.4) is 0 Å². The zero-order valence-corrected chi connectivity index (χ0v) is 15.7. The molecule has 1 heterocycles. The minimum Gasteiger partial charge on any atom is -0.348 e. The summed E-state index contributed by atoms with van der Waals surface area (Å²) >= 11 is 0. The average Bonchev–Trinajstić information content (AvgIpc) is 2.58. The molecule has 1 N–H and O–H groups in total. The summed E-state index contributed by atoms with van der Waals surface area (Å²) in [7, 11) is 3.99. The summed E-state index contributed by atoms with van der Waals surface area (Å²) < 4.78 is 0. The number of hydrogen-bond acceptors (Lipinski definition) is 3. The molecule has 1 aromatic carbocycles. The molecule has 1 aromatic rings. The van der Waals surface area contributed by atoms with Gasteiger partial charge in [0.2, 0.25) is 5.91 Å². The van der Waals surface area contributed by atoms with Crippen molar-refractivity contribution in [3.05, 3.63) is 47.0 Å². The van der Waals surface area contributed by atoms with Crippen LogP contribution in [0.25, 0.3) is 0 Å². The second-order valence-electron chi connectivity index (χ2n) is 7.11. The maximum absolute atomic E-state index is 12.7. The van der Waals surface area contributed by atoms with E-state index in [0.29, 0.717) is 12.1 Å². The number of allylic oxidation sites excluding steroid dienone is 1. The number of benzene rings is 1. The number of piperidine rings is 1. The summed E-state index contributed by atoms with van der Waals surface area (Å²) in [5, 5.41) is 2.84. The fourth-order valence-corrected chi connectivity index (χ4v) is 3.09. The van der Waals surface area contributed by atoms with Crippen molar-refractivity contribution in [3.8, 4) is 0 Å². The van der Waals surface area contributed by atoms with Crippen molar-refractivity contribution >= 4 is 11.8 Å². The summed E-state index contributed by atoms with van der Waals surface area (Å²) in [6, 6.07) is 7.75. The molecule has 0 aromatic heterocycles. The normalized spacial score (nSPS) is 17.7. The fraction of sp³-hybridized carbons (Fsp3) is 0.500. The zero-order chi connectivity index (χ0) is 18.4. The van der Waals surface area contributed by atoms with E-state index in [1.54, 1.807) is 6.08 Å². The van der Waals surface area contributed by atoms with Gasteiger partial charge in [0.05, 0.1) is 0 Å². The Kier molecular flexibility index (Phi) is 6.76. The molecule has 0 saturated carbocycles. The Labute approximate surface area is 150 Å². The van der Waals surface area contributed by atoms with Crippen LogP contribution in [0.5, 0.6) is 0 Å². The first-order valence-electron chi connectivity index (χ1n) is 8.84. The van der Waals surface area contributed by atoms with Gasteiger partial charge in [-0.2, -0.15) is 0 Å². The van der Waals surface area contributed by atoms with Crippen molar-refractivity contribution in [1.29, 1.82) is 0 Å². The van der Waals surface area contributed by atoms with Crippen LogP contribution in [-0.2, 0) is 11.3 Å². The third-order valence-electron chi connectivity index (χ3n) is 4.56. The Morgan fingerprint density at radius 2 is 1.96 bits per heavy atom. The fourth-order valence-electron chi connectivity index (χ4n) is 3.09. The predicted octanol–water partition coefficient (Wildman–Crippen LogP) is 2.44. The minimum atomic E-state index is -0.0960.